The summed E-state index contributed by atoms with van der Waals surface area (Å²) in [6, 6.07) is 0. The van der Waals surface area contributed by atoms with Crippen molar-refractivity contribution in [3.63, 3.8) is 0 Å². The minimum Gasteiger partial charge on any atom is -0.418 e. The van der Waals surface area contributed by atoms with E-state index in [2.05, 4.69) is 4.74 Å². The fourth-order valence-electron chi connectivity index (χ4n) is 0.425. The van der Waals surface area contributed by atoms with Crippen LogP contribution in [0.5, 0.6) is 0 Å². The predicted molar refractivity (Wildman–Crippen MR) is 51.1 cm³/mol. The van der Waals surface area contributed by atoms with E-state index in [1.54, 1.807) is 0 Å². The average molecular weight is 287 g/mol. The van der Waals surface area contributed by atoms with E-state index in [-0.39, 0.29) is 6.42 Å². The van der Waals surface area contributed by atoms with E-state index in [4.69, 9.17) is 34.8 Å². The van der Waals surface area contributed by atoms with Crippen molar-refractivity contribution in [3.05, 3.63) is 0 Å². The highest BCUT2D eigenvalue weighted by atomic mass is 35.5. The Morgan fingerprint density at radius 1 is 1.27 bits per heavy atom. The first kappa shape index (κ1) is 15.1. The van der Waals surface area contributed by atoms with Crippen LogP contribution in [0.1, 0.15) is 20.3 Å². The second kappa shape index (κ2) is 4.55. The van der Waals surface area contributed by atoms with Crippen molar-refractivity contribution >= 4 is 40.8 Å². The number of rotatable bonds is 3. The quantitative estimate of drug-likeness (QED) is 0.585. The maximum absolute atomic E-state index is 12.1. The summed E-state index contributed by atoms with van der Waals surface area (Å²) in [5.41, 5.74) is 0. The first-order valence-corrected chi connectivity index (χ1v) is 4.94. The average Bonchev–Trinajstić information content (AvgIpc) is 2.01. The summed E-state index contributed by atoms with van der Waals surface area (Å²) < 4.78 is 36.6. The number of carbonyl (C=O) groups is 1. The van der Waals surface area contributed by atoms with E-state index >= 15 is 0 Å². The summed E-state index contributed by atoms with van der Waals surface area (Å²) in [6.45, 7) is 2.71. The minimum absolute atomic E-state index is 0.0785. The van der Waals surface area contributed by atoms with Crippen molar-refractivity contribution < 1.29 is 22.7 Å². The molecule has 0 radical (unpaired) electrons. The lowest BCUT2D eigenvalue weighted by Crippen LogP contribution is -2.43. The number of ether oxygens (including phenoxy) is 1. The van der Waals surface area contributed by atoms with Crippen LogP contribution in [0.25, 0.3) is 0 Å². The van der Waals surface area contributed by atoms with Crippen LogP contribution in [0.15, 0.2) is 0 Å². The molecule has 8 heteroatoms. The molecule has 0 aromatic heterocycles. The fourth-order valence-corrected chi connectivity index (χ4v) is 0.604. The van der Waals surface area contributed by atoms with Gasteiger partial charge in [-0.05, 0) is 36.5 Å². The summed E-state index contributed by atoms with van der Waals surface area (Å²) in [7, 11) is 0. The number of alkyl halides is 6. The first-order valence-electron chi connectivity index (χ1n) is 3.81. The van der Waals surface area contributed by atoms with Gasteiger partial charge in [-0.3, -0.25) is 4.79 Å². The van der Waals surface area contributed by atoms with E-state index < -0.39 is 21.5 Å². The maximum Gasteiger partial charge on any atom is 0.459 e. The van der Waals surface area contributed by atoms with Crippen LogP contribution in [0.3, 0.4) is 0 Å². The Hall–Kier alpha value is 0.130. The second-order valence-electron chi connectivity index (χ2n) is 2.96. The topological polar surface area (TPSA) is 26.3 Å². The molecule has 0 aliphatic rings. The molecular weight excluding hydrogens is 279 g/mol. The van der Waals surface area contributed by atoms with Crippen LogP contribution < -0.4 is 0 Å². The monoisotopic (exact) mass is 286 g/mol. The van der Waals surface area contributed by atoms with E-state index in [9.17, 15) is 18.0 Å². The minimum atomic E-state index is -5.08. The van der Waals surface area contributed by atoms with Gasteiger partial charge in [-0.15, -0.1) is 11.6 Å². The molecule has 0 aromatic carbocycles. The lowest BCUT2D eigenvalue weighted by atomic mass is 10.1. The zero-order valence-electron chi connectivity index (χ0n) is 7.79. The summed E-state index contributed by atoms with van der Waals surface area (Å²) in [6.07, 6.45) is -5.00. The molecule has 0 aliphatic heterocycles. The van der Waals surface area contributed by atoms with Gasteiger partial charge in [0.15, 0.2) is 0 Å². The maximum atomic E-state index is 12.1. The van der Waals surface area contributed by atoms with Crippen LogP contribution >= 0.6 is 34.8 Å². The van der Waals surface area contributed by atoms with E-state index in [0.717, 1.165) is 0 Å². The predicted octanol–water partition coefficient (Wildman–Crippen LogP) is 3.63. The van der Waals surface area contributed by atoms with Gasteiger partial charge in [-0.1, -0.05) is 6.92 Å². The Kier molecular flexibility index (Phi) is 4.59. The Balaban J connectivity index is 4.70. The molecule has 2 nitrogen and oxygen atoms in total. The summed E-state index contributed by atoms with van der Waals surface area (Å²) in [4.78, 5) is 9.55. The zero-order valence-corrected chi connectivity index (χ0v) is 10.1. The smallest absolute Gasteiger partial charge is 0.418 e. The fraction of sp³-hybridized carbons (Fsp3) is 0.857. The molecule has 15 heavy (non-hydrogen) atoms. The Morgan fingerprint density at radius 3 is 1.93 bits per heavy atom. The third-order valence-electron chi connectivity index (χ3n) is 1.64. The van der Waals surface area contributed by atoms with Crippen molar-refractivity contribution in [1.29, 1.82) is 0 Å². The lowest BCUT2D eigenvalue weighted by Gasteiger charge is -2.26. The van der Waals surface area contributed by atoms with Gasteiger partial charge in [0.2, 0.25) is 0 Å². The van der Waals surface area contributed by atoms with Crippen molar-refractivity contribution in [1.82, 2.24) is 0 Å². The third kappa shape index (κ3) is 3.89. The molecule has 0 rings (SSSR count). The normalized spacial score (nSPS) is 17.1. The number of halogens is 6. The highest BCUT2D eigenvalue weighted by Crippen LogP contribution is 2.42. The SMILES string of the molecule is CCC(C)(Cl)C(=O)OC(Cl)(Cl)C(F)(F)F. The number of esters is 1. The van der Waals surface area contributed by atoms with Crippen LogP contribution in [0, 0.1) is 0 Å². The van der Waals surface area contributed by atoms with Gasteiger partial charge in [-0.2, -0.15) is 13.2 Å². The number of carbonyl (C=O) groups excluding carboxylic acids is 1. The molecule has 0 aliphatic carbocycles. The van der Waals surface area contributed by atoms with Gasteiger partial charge in [0.1, 0.15) is 4.87 Å². The van der Waals surface area contributed by atoms with E-state index in [0.29, 0.717) is 0 Å². The van der Waals surface area contributed by atoms with Gasteiger partial charge >= 0.3 is 16.7 Å². The van der Waals surface area contributed by atoms with E-state index in [1.165, 1.54) is 13.8 Å². The van der Waals surface area contributed by atoms with Gasteiger partial charge in [0.25, 0.3) is 0 Å². The van der Waals surface area contributed by atoms with Gasteiger partial charge in [0, 0.05) is 0 Å². The molecule has 90 valence electrons. The summed E-state index contributed by atoms with van der Waals surface area (Å²) >= 11 is 15.2. The van der Waals surface area contributed by atoms with Gasteiger partial charge in [-0.25, -0.2) is 0 Å². The molecule has 0 heterocycles. The molecule has 0 spiro atoms. The molecule has 0 aromatic rings. The van der Waals surface area contributed by atoms with Crippen LogP contribution in [-0.4, -0.2) is 21.5 Å². The molecular formula is C7H8Cl3F3O2. The van der Waals surface area contributed by atoms with Crippen molar-refractivity contribution in [2.24, 2.45) is 0 Å². The lowest BCUT2D eigenvalue weighted by molar-refractivity contribution is -0.214. The molecule has 0 saturated heterocycles. The summed E-state index contributed by atoms with van der Waals surface area (Å²) in [5.74, 6) is -1.33. The number of hydrogen-bond donors (Lipinski definition) is 0. The van der Waals surface area contributed by atoms with Gasteiger partial charge in [0.05, 0.1) is 0 Å². The highest BCUT2D eigenvalue weighted by molar-refractivity contribution is 6.48. The van der Waals surface area contributed by atoms with Crippen LogP contribution in [-0.2, 0) is 9.53 Å². The van der Waals surface area contributed by atoms with Crippen molar-refractivity contribution in [2.45, 2.75) is 35.8 Å². The Bertz CT molecular complexity index is 250. The first-order chi connectivity index (χ1) is 6.44. The van der Waals surface area contributed by atoms with Gasteiger partial charge < -0.3 is 4.74 Å². The Morgan fingerprint density at radius 2 is 1.67 bits per heavy atom. The summed E-state index contributed by atoms with van der Waals surface area (Å²) in [5, 5.41) is 0. The molecule has 0 amide bonds. The third-order valence-corrected chi connectivity index (χ3v) is 2.64. The zero-order chi connectivity index (χ0) is 12.5. The van der Waals surface area contributed by atoms with Crippen LogP contribution in [0.4, 0.5) is 13.2 Å². The highest BCUT2D eigenvalue weighted by Gasteiger charge is 2.57. The van der Waals surface area contributed by atoms with Crippen molar-refractivity contribution in [2.75, 3.05) is 0 Å². The molecule has 1 atom stereocenters. The molecule has 0 saturated carbocycles. The van der Waals surface area contributed by atoms with Crippen LogP contribution in [0.2, 0.25) is 0 Å². The van der Waals surface area contributed by atoms with E-state index in [1.807, 2.05) is 0 Å². The number of hydrogen-bond acceptors (Lipinski definition) is 2. The second-order valence-corrected chi connectivity index (χ2v) is 5.05. The largest absolute Gasteiger partial charge is 0.459 e. The molecule has 0 fully saturated rings. The molecule has 0 N–H and O–H groups in total. The Labute approximate surface area is 99.6 Å². The molecule has 0 bridgehead atoms. The molecule has 1 unspecified atom stereocenters. The van der Waals surface area contributed by atoms with Crippen molar-refractivity contribution in [3.8, 4) is 0 Å². The standard InChI is InChI=1S/C7H8Cl3F3O2/c1-3-5(2,8)4(14)15-6(9,10)7(11,12)13/h3H2,1-2H3.